The van der Waals surface area contributed by atoms with Gasteiger partial charge >= 0.3 is 11.9 Å². The Bertz CT molecular complexity index is 1680. The van der Waals surface area contributed by atoms with E-state index in [4.69, 9.17) is 0 Å². The number of carbonyl (C=O) groups excluding carboxylic acids is 1. The van der Waals surface area contributed by atoms with Crippen molar-refractivity contribution < 1.29 is 26.7 Å². The lowest BCUT2D eigenvalue weighted by molar-refractivity contribution is -0.137. The van der Waals surface area contributed by atoms with Crippen molar-refractivity contribution in [2.45, 2.75) is 56.1 Å². The maximum Gasteiger partial charge on any atom is 0.417 e. The van der Waals surface area contributed by atoms with Crippen LogP contribution in [0, 0.1) is 11.7 Å². The minimum Gasteiger partial charge on any atom is -0.352 e. The van der Waals surface area contributed by atoms with Gasteiger partial charge in [-0.25, -0.2) is 13.6 Å². The number of benzene rings is 2. The SMILES string of the molecule is C=CC(=O)N1[C@H](C)CN(c2nc(=O)n3c4c(c(-c5ccc(F)cc5)c(C(F)(F)F)cc24)SC[C@@H](CN2CC[C@H](F)C2)C3)C[C@@H]1C. The van der Waals surface area contributed by atoms with Crippen molar-refractivity contribution in [1.29, 1.82) is 0 Å². The Balaban J connectivity index is 1.56. The number of thioether (sulfide) groups is 1. The summed E-state index contributed by atoms with van der Waals surface area (Å²) in [6.45, 7) is 9.31. The van der Waals surface area contributed by atoms with E-state index >= 15 is 0 Å². The van der Waals surface area contributed by atoms with Crippen molar-refractivity contribution in [2.24, 2.45) is 5.92 Å². The smallest absolute Gasteiger partial charge is 0.352 e. The number of piperazine rings is 1. The average Bonchev–Trinajstić information content (AvgIpc) is 3.29. The summed E-state index contributed by atoms with van der Waals surface area (Å²) in [4.78, 5) is 36.5. The van der Waals surface area contributed by atoms with Crippen LogP contribution in [0.3, 0.4) is 0 Å². The van der Waals surface area contributed by atoms with Crippen LogP contribution in [-0.2, 0) is 17.5 Å². The van der Waals surface area contributed by atoms with Crippen molar-refractivity contribution >= 4 is 34.4 Å². The van der Waals surface area contributed by atoms with Gasteiger partial charge in [-0.2, -0.15) is 18.2 Å². The molecule has 0 spiro atoms. The number of alkyl halides is 4. The Kier molecular flexibility index (Phi) is 8.44. The summed E-state index contributed by atoms with van der Waals surface area (Å²) < 4.78 is 74.2. The number of amides is 1. The first-order chi connectivity index (χ1) is 21.3. The third kappa shape index (κ3) is 5.96. The molecule has 1 amide bonds. The van der Waals surface area contributed by atoms with Crippen molar-refractivity contribution in [3.05, 3.63) is 64.9 Å². The van der Waals surface area contributed by atoms with Gasteiger partial charge in [-0.05, 0) is 56.0 Å². The van der Waals surface area contributed by atoms with E-state index in [1.165, 1.54) is 34.5 Å². The van der Waals surface area contributed by atoms with Crippen LogP contribution in [0.5, 0.6) is 0 Å². The van der Waals surface area contributed by atoms with E-state index in [9.17, 15) is 31.5 Å². The van der Waals surface area contributed by atoms with Gasteiger partial charge in [0.2, 0.25) is 5.91 Å². The third-order valence-corrected chi connectivity index (χ3v) is 10.2. The molecular formula is C32H34F5N5O2S. The number of aromatic nitrogens is 2. The summed E-state index contributed by atoms with van der Waals surface area (Å²) in [5.74, 6) is -0.467. The number of rotatable bonds is 5. The Morgan fingerprint density at radius 1 is 1.11 bits per heavy atom. The Morgan fingerprint density at radius 3 is 2.40 bits per heavy atom. The van der Waals surface area contributed by atoms with Crippen LogP contribution < -0.4 is 10.6 Å². The molecule has 4 heterocycles. The van der Waals surface area contributed by atoms with Crippen LogP contribution >= 0.6 is 11.8 Å². The fraction of sp³-hybridized carbons (Fsp3) is 0.469. The van der Waals surface area contributed by atoms with Crippen LogP contribution in [0.25, 0.3) is 22.0 Å². The molecule has 3 aliphatic rings. The standard InChI is InChI=1S/C32H34F5N5O2S/c1-4-26(43)42-18(2)12-40(13-19(42)3)30-24-11-25(32(35,36)37)27(21-5-7-22(33)8-6-21)29-28(24)41(31(44)38-30)15-20(17-45-29)14-39-10-9-23(34)16-39/h4-8,11,18-20,23H,1,9-10,12-17H2,2-3H3/t18-,19+,20-,23-/m0/s1. The van der Waals surface area contributed by atoms with Gasteiger partial charge in [-0.15, -0.1) is 11.8 Å². The summed E-state index contributed by atoms with van der Waals surface area (Å²) in [6, 6.07) is 5.29. The summed E-state index contributed by atoms with van der Waals surface area (Å²) in [5.41, 5.74) is -1.08. The van der Waals surface area contributed by atoms with Gasteiger partial charge in [0.25, 0.3) is 0 Å². The van der Waals surface area contributed by atoms with E-state index in [-0.39, 0.29) is 77.3 Å². The largest absolute Gasteiger partial charge is 0.417 e. The van der Waals surface area contributed by atoms with Crippen molar-refractivity contribution in [3.8, 4) is 11.1 Å². The molecule has 1 aromatic heterocycles. The number of anilines is 1. The molecule has 45 heavy (non-hydrogen) atoms. The second-order valence-corrected chi connectivity index (χ2v) is 13.3. The van der Waals surface area contributed by atoms with E-state index in [2.05, 4.69) is 11.6 Å². The van der Waals surface area contributed by atoms with Crippen LogP contribution in [0.15, 0.2) is 52.7 Å². The molecule has 2 saturated heterocycles. The highest BCUT2D eigenvalue weighted by molar-refractivity contribution is 7.99. The molecule has 6 rings (SSSR count). The summed E-state index contributed by atoms with van der Waals surface area (Å²) in [6.07, 6.45) is -4.05. The highest BCUT2D eigenvalue weighted by Gasteiger charge is 2.40. The molecule has 0 radical (unpaired) electrons. The van der Waals surface area contributed by atoms with Gasteiger partial charge in [0.1, 0.15) is 17.8 Å². The fourth-order valence-electron chi connectivity index (χ4n) is 7.05. The normalized spacial score (nSPS) is 24.2. The van der Waals surface area contributed by atoms with Gasteiger partial charge in [-0.3, -0.25) is 14.3 Å². The number of hydrogen-bond acceptors (Lipinski definition) is 6. The van der Waals surface area contributed by atoms with Crippen molar-refractivity contribution in [2.75, 3.05) is 43.4 Å². The van der Waals surface area contributed by atoms with Crippen molar-refractivity contribution in [3.63, 3.8) is 0 Å². The number of likely N-dealkylation sites (tertiary alicyclic amines) is 1. The maximum atomic E-state index is 14.9. The second-order valence-electron chi connectivity index (χ2n) is 12.2. The lowest BCUT2D eigenvalue weighted by atomic mass is 9.96. The topological polar surface area (TPSA) is 61.7 Å². The van der Waals surface area contributed by atoms with Gasteiger partial charge < -0.3 is 9.80 Å². The van der Waals surface area contributed by atoms with E-state index in [1.54, 1.807) is 9.80 Å². The van der Waals surface area contributed by atoms with Crippen LogP contribution in [-0.4, -0.2) is 82.0 Å². The van der Waals surface area contributed by atoms with Crippen molar-refractivity contribution in [1.82, 2.24) is 19.4 Å². The summed E-state index contributed by atoms with van der Waals surface area (Å²) in [5, 5.41) is 0.184. The summed E-state index contributed by atoms with van der Waals surface area (Å²) in [7, 11) is 0. The molecule has 0 N–H and O–H groups in total. The minimum atomic E-state index is -4.78. The Labute approximate surface area is 261 Å². The molecule has 0 saturated carbocycles. The number of carbonyl (C=O) groups is 1. The third-order valence-electron chi connectivity index (χ3n) is 8.92. The molecule has 4 atom stereocenters. The lowest BCUT2D eigenvalue weighted by Gasteiger charge is -2.44. The average molecular weight is 648 g/mol. The van der Waals surface area contributed by atoms with E-state index < -0.39 is 29.4 Å². The van der Waals surface area contributed by atoms with E-state index in [1.807, 2.05) is 18.7 Å². The lowest BCUT2D eigenvalue weighted by Crippen LogP contribution is -2.58. The molecule has 0 bridgehead atoms. The van der Waals surface area contributed by atoms with E-state index in [0.717, 1.165) is 18.2 Å². The highest BCUT2D eigenvalue weighted by atomic mass is 32.2. The first-order valence-electron chi connectivity index (χ1n) is 15.0. The quantitative estimate of drug-likeness (QED) is 0.266. The zero-order valence-electron chi connectivity index (χ0n) is 25.0. The molecule has 3 aromatic rings. The fourth-order valence-corrected chi connectivity index (χ4v) is 8.39. The van der Waals surface area contributed by atoms with Gasteiger partial charge in [-0.1, -0.05) is 18.7 Å². The molecule has 2 fully saturated rings. The Hall–Kier alpha value is -3.45. The molecule has 240 valence electrons. The second kappa shape index (κ2) is 12.1. The predicted molar refractivity (Wildman–Crippen MR) is 165 cm³/mol. The molecule has 3 aliphatic heterocycles. The summed E-state index contributed by atoms with van der Waals surface area (Å²) >= 11 is 1.24. The molecule has 2 aromatic carbocycles. The van der Waals surface area contributed by atoms with Crippen LogP contribution in [0.1, 0.15) is 25.8 Å². The predicted octanol–water partition coefficient (Wildman–Crippen LogP) is 5.60. The minimum absolute atomic E-state index is 0.112. The molecule has 13 heteroatoms. The maximum absolute atomic E-state index is 14.9. The Morgan fingerprint density at radius 2 is 1.80 bits per heavy atom. The monoisotopic (exact) mass is 647 g/mol. The van der Waals surface area contributed by atoms with E-state index in [0.29, 0.717) is 30.8 Å². The zero-order valence-corrected chi connectivity index (χ0v) is 25.8. The molecule has 0 unspecified atom stereocenters. The zero-order chi connectivity index (χ0) is 32.2. The van der Waals surface area contributed by atoms with Gasteiger partial charge in [0.15, 0.2) is 0 Å². The number of halogens is 5. The molecule has 7 nitrogen and oxygen atoms in total. The first-order valence-corrected chi connectivity index (χ1v) is 16.0. The first kappa shape index (κ1) is 31.5. The number of nitrogens with zero attached hydrogens (tertiary/aromatic N) is 5. The van der Waals surface area contributed by atoms with Gasteiger partial charge in [0.05, 0.1) is 11.1 Å². The van der Waals surface area contributed by atoms with Crippen LogP contribution in [0.2, 0.25) is 0 Å². The molecule has 0 aliphatic carbocycles. The molecular weight excluding hydrogens is 613 g/mol. The van der Waals surface area contributed by atoms with Crippen LogP contribution in [0.4, 0.5) is 27.8 Å². The number of hydrogen-bond donors (Lipinski definition) is 0. The highest BCUT2D eigenvalue weighted by Crippen LogP contribution is 2.48. The van der Waals surface area contributed by atoms with Gasteiger partial charge in [0, 0.05) is 73.0 Å².